The first kappa shape index (κ1) is 30.7. The molecule has 0 radical (unpaired) electrons. The minimum atomic E-state index is -4.71. The van der Waals surface area contributed by atoms with Crippen molar-refractivity contribution in [1.29, 1.82) is 0 Å². The number of hydrogen-bond donors (Lipinski definition) is 2. The van der Waals surface area contributed by atoms with Gasteiger partial charge in [-0.15, -0.1) is 0 Å². The third-order valence-corrected chi connectivity index (χ3v) is 81.9. The molecule has 8 atom stereocenters. The minimum absolute atomic E-state index is 0.0111. The van der Waals surface area contributed by atoms with Gasteiger partial charge in [0.1, 0.15) is 0 Å². The van der Waals surface area contributed by atoms with E-state index in [0.29, 0.717) is 13.8 Å². The number of benzene rings is 2. The predicted molar refractivity (Wildman–Crippen MR) is 232 cm³/mol. The summed E-state index contributed by atoms with van der Waals surface area (Å²) in [5.41, 5.74) is 6.22. The molecule has 20 aliphatic rings. The molecule has 12 saturated heterocycles. The average molecular weight is 837 g/mol. The third kappa shape index (κ3) is 1.08. The maximum atomic E-state index is 4.15. The monoisotopic (exact) mass is 836 g/mol. The molecule has 302 valence electrons. The van der Waals surface area contributed by atoms with Crippen LogP contribution in [-0.4, -0.2) is 48.8 Å². The molecule has 0 amide bonds. The molecule has 12 heterocycles. The fourth-order valence-electron chi connectivity index (χ4n) is 35.1. The van der Waals surface area contributed by atoms with Crippen LogP contribution < -0.4 is 10.6 Å². The number of nitrogens with one attached hydrogen (secondary N) is 2. The number of fused-ring (bicyclic) bond motifs is 10. The molecule has 12 aliphatic heterocycles. The normalized spacial score (nSPS) is 74.1. The van der Waals surface area contributed by atoms with Crippen molar-refractivity contribution in [1.82, 2.24) is 10.6 Å². The Morgan fingerprint density at radius 3 is 1.44 bits per heavy atom. The van der Waals surface area contributed by atoms with E-state index in [-0.39, 0.29) is 7.92 Å². The van der Waals surface area contributed by atoms with Gasteiger partial charge in [0.2, 0.25) is 0 Å². The van der Waals surface area contributed by atoms with Crippen LogP contribution in [0.4, 0.5) is 0 Å². The Labute approximate surface area is 335 Å². The van der Waals surface area contributed by atoms with E-state index in [0.717, 1.165) is 83.9 Å². The Bertz CT molecular complexity index is 2560. The van der Waals surface area contributed by atoms with E-state index in [1.807, 2.05) is 17.3 Å². The van der Waals surface area contributed by atoms with Crippen LogP contribution in [0.1, 0.15) is 88.2 Å². The van der Waals surface area contributed by atoms with Crippen molar-refractivity contribution >= 4 is 17.2 Å². The predicted octanol–water partition coefficient (Wildman–Crippen LogP) is 11.3. The van der Waals surface area contributed by atoms with Gasteiger partial charge in [0.15, 0.2) is 0 Å². The molecule has 22 rings (SSSR count). The van der Waals surface area contributed by atoms with Crippen LogP contribution in [0, 0.1) is 59.2 Å². The molecule has 8 saturated carbocycles. The summed E-state index contributed by atoms with van der Waals surface area (Å²) in [4.78, 5) is 7.39. The Morgan fingerprint density at radius 1 is 0.596 bits per heavy atom. The van der Waals surface area contributed by atoms with Crippen LogP contribution in [0.2, 0.25) is 37.5 Å². The van der Waals surface area contributed by atoms with Gasteiger partial charge in [-0.1, -0.05) is 0 Å². The van der Waals surface area contributed by atoms with E-state index >= 15 is 0 Å². The van der Waals surface area contributed by atoms with E-state index in [2.05, 4.69) is 80.5 Å². The second-order valence-electron chi connectivity index (χ2n) is 27.6. The van der Waals surface area contributed by atoms with Crippen molar-refractivity contribution in [3.63, 3.8) is 0 Å². The maximum absolute atomic E-state index is 4.71. The van der Waals surface area contributed by atoms with Gasteiger partial charge in [0, 0.05) is 0 Å². The number of hydrogen-bond acceptors (Lipinski definition) is 2. The molecule has 5 heteroatoms. The molecule has 2 aromatic rings. The molecule has 20 fully saturated rings. The van der Waals surface area contributed by atoms with Crippen molar-refractivity contribution in [2.24, 2.45) is 59.2 Å². The summed E-state index contributed by atoms with van der Waals surface area (Å²) in [6, 6.07) is 26.3. The Kier molecular flexibility index (Phi) is 3.24. The zero-order valence-corrected chi connectivity index (χ0v) is 37.2. The second kappa shape index (κ2) is 6.01. The van der Waals surface area contributed by atoms with Crippen LogP contribution >= 0.6 is 17.2 Å². The van der Waals surface area contributed by atoms with Crippen molar-refractivity contribution in [2.45, 2.75) is 140 Å². The van der Waals surface area contributed by atoms with E-state index in [9.17, 15) is 0 Å². The quantitative estimate of drug-likeness (QED) is 0.194. The Balaban J connectivity index is 0.911. The molecule has 0 aromatic heterocycles. The first-order valence-electron chi connectivity index (χ1n) is 25.1. The third-order valence-electron chi connectivity index (χ3n) is 31.5. The summed E-state index contributed by atoms with van der Waals surface area (Å²) in [7, 11) is 4.16. The van der Waals surface area contributed by atoms with Gasteiger partial charge in [-0.25, -0.2) is 0 Å². The molecule has 2 nitrogen and oxygen atoms in total. The van der Waals surface area contributed by atoms with Crippen LogP contribution in [0.5, 0.6) is 0 Å². The molecule has 1 spiro atoms. The van der Waals surface area contributed by atoms with Crippen molar-refractivity contribution in [3.8, 4) is 0 Å². The van der Waals surface area contributed by atoms with Gasteiger partial charge < -0.3 is 0 Å². The molecule has 8 unspecified atom stereocenters. The second-order valence-corrected chi connectivity index (χ2v) is 53.8. The molecular weight excluding hydrogens is 770 g/mol. The average Bonchev–Trinajstić information content (AvgIpc) is 4.00. The van der Waals surface area contributed by atoms with Crippen molar-refractivity contribution in [2.75, 3.05) is 32.3 Å². The summed E-state index contributed by atoms with van der Waals surface area (Å²) in [6.45, 7) is 0.503. The molecule has 8 bridgehead atoms. The van der Waals surface area contributed by atoms with Gasteiger partial charge in [-0.3, -0.25) is 0 Å². The topological polar surface area (TPSA) is 24.1 Å². The number of rotatable bonds is 9. The van der Waals surface area contributed by atoms with Crippen LogP contribution in [0.3, 0.4) is 0 Å². The fraction of sp³-hybridized carbons (Fsp3) is 0.769. The van der Waals surface area contributed by atoms with Crippen molar-refractivity contribution < 1.29 is 6.51 Å². The molecule has 2 aromatic carbocycles. The van der Waals surface area contributed by atoms with Gasteiger partial charge in [0.25, 0.3) is 0 Å². The molecule has 57 heavy (non-hydrogen) atoms. The van der Waals surface area contributed by atoms with Crippen LogP contribution in [-0.2, 0) is 15.1 Å². The molecule has 8 aliphatic carbocycles. The molecule has 2 N–H and O–H groups in total. The summed E-state index contributed by atoms with van der Waals surface area (Å²) in [6.07, 6.45) is 21.3. The summed E-state index contributed by atoms with van der Waals surface area (Å²) >= 11 is 0. The van der Waals surface area contributed by atoms with Crippen molar-refractivity contribution in [3.05, 3.63) is 71.8 Å². The first-order valence-corrected chi connectivity index (χ1v) is 33.4. The first-order chi connectivity index (χ1) is 27.8. The van der Waals surface area contributed by atoms with Gasteiger partial charge >= 0.3 is 337 Å². The van der Waals surface area contributed by atoms with E-state index in [4.69, 9.17) is 0 Å². The fourth-order valence-corrected chi connectivity index (χ4v) is 128. The van der Waals surface area contributed by atoms with Crippen LogP contribution in [0.15, 0.2) is 60.7 Å². The Hall–Kier alpha value is -0.261. The Morgan fingerprint density at radius 2 is 1.04 bits per heavy atom. The SMILES string of the molecule is PC(C1CCNC1)(C1CCNC1)[C]12[CH]3[C]4(c5ccccc5)[C]5(c6ccccc6)[C]1(CP(C1C6CC7CC(C6)CC1C7)C1C6CC7CC(C6)CC1C7)[Fe]34521678[CH]2[CH]1[CH]6[CH]7[CH]28. The van der Waals surface area contributed by atoms with E-state index in [1.54, 1.807) is 64.2 Å². The van der Waals surface area contributed by atoms with E-state index in [1.165, 1.54) is 63.1 Å². The zero-order valence-electron chi connectivity index (χ0n) is 34.1. The van der Waals surface area contributed by atoms with Gasteiger partial charge in [-0.05, 0) is 0 Å². The standard InChI is InChI=1S/C47H61N2P2.C5H5.Fe/c50-47(39-11-13-48-26-39,40-12-14-49-27-40)43-25-41(33-7-3-1-4-8-33)44(34-9-5-2-6-10-34)42(43)28-51(45-35-17-29-15-30(19-35)20-36(45)18-29)46-37-21-31-16-32(23-37)24-38(46)22-31;1-2-4-5-3-1;/h1-10,25,29-32,35-40,45-46,48-49H,11-24,26-28,50H2;1-5H;. The van der Waals surface area contributed by atoms with Gasteiger partial charge in [-0.2, -0.15) is 0 Å². The molecular formula is C52H66FeN2P2. The van der Waals surface area contributed by atoms with Crippen LogP contribution in [0.25, 0.3) is 0 Å². The zero-order chi connectivity index (χ0) is 36.4. The summed E-state index contributed by atoms with van der Waals surface area (Å²) in [5.74, 6) is 10.6. The summed E-state index contributed by atoms with van der Waals surface area (Å²) in [5, 5.41) is 8.66. The summed E-state index contributed by atoms with van der Waals surface area (Å²) < 4.78 is 2.66. The van der Waals surface area contributed by atoms with E-state index < -0.39 is 6.51 Å². The van der Waals surface area contributed by atoms with Gasteiger partial charge in [0.05, 0.1) is 0 Å².